The Morgan fingerprint density at radius 1 is 1.18 bits per heavy atom. The number of pyridine rings is 1. The molecule has 0 spiro atoms. The van der Waals surface area contributed by atoms with E-state index in [1.807, 2.05) is 25.3 Å². The van der Waals surface area contributed by atoms with E-state index in [0.29, 0.717) is 18.9 Å². The maximum absolute atomic E-state index is 11.6. The Labute approximate surface area is 204 Å². The third kappa shape index (κ3) is 4.93. The van der Waals surface area contributed by atoms with Crippen LogP contribution in [0.4, 0.5) is 5.82 Å². The van der Waals surface area contributed by atoms with Crippen molar-refractivity contribution < 1.29 is 9.90 Å². The predicted molar refractivity (Wildman–Crippen MR) is 139 cm³/mol. The van der Waals surface area contributed by atoms with Gasteiger partial charge in [-0.3, -0.25) is 4.79 Å². The van der Waals surface area contributed by atoms with Crippen LogP contribution in [-0.2, 0) is 24.3 Å². The molecule has 0 fully saturated rings. The molecule has 4 rings (SSSR count). The number of unbranched alkanes of at least 4 members (excludes halogenated alkanes) is 1. The molecule has 8 heteroatoms. The van der Waals surface area contributed by atoms with Gasteiger partial charge in [0.2, 0.25) is 0 Å². The van der Waals surface area contributed by atoms with Crippen molar-refractivity contribution in [3.63, 3.8) is 0 Å². The second-order valence-corrected chi connectivity index (χ2v) is 9.86. The number of aryl methyl sites for hydroxylation is 1. The van der Waals surface area contributed by atoms with Crippen LogP contribution < -0.4 is 11.1 Å². The zero-order valence-electron chi connectivity index (χ0n) is 20.0. The second kappa shape index (κ2) is 10.5. The highest BCUT2D eigenvalue weighted by molar-refractivity contribution is 7.18. The molecule has 34 heavy (non-hydrogen) atoms. The summed E-state index contributed by atoms with van der Waals surface area (Å²) < 4.78 is 3.41. The van der Waals surface area contributed by atoms with Gasteiger partial charge in [0.1, 0.15) is 17.4 Å². The Balaban J connectivity index is 1.60. The average molecular weight is 480 g/mol. The lowest BCUT2D eigenvalue weighted by atomic mass is 9.99. The van der Waals surface area contributed by atoms with Gasteiger partial charge in [-0.05, 0) is 34.9 Å². The van der Waals surface area contributed by atoms with Crippen LogP contribution in [0.3, 0.4) is 0 Å². The Morgan fingerprint density at radius 2 is 1.91 bits per heavy atom. The number of hydrogen-bond acceptors (Lipinski definition) is 6. The van der Waals surface area contributed by atoms with Gasteiger partial charge in [-0.1, -0.05) is 57.9 Å². The first-order valence-electron chi connectivity index (χ1n) is 12.0. The normalized spacial score (nSPS) is 13.5. The van der Waals surface area contributed by atoms with Gasteiger partial charge in [-0.2, -0.15) is 0 Å². The highest BCUT2D eigenvalue weighted by Crippen LogP contribution is 2.33. The number of imidazole rings is 1. The summed E-state index contributed by atoms with van der Waals surface area (Å²) in [5.74, 6) is 0.790. The molecule has 1 aromatic carbocycles. The molecule has 4 N–H and O–H groups in total. The van der Waals surface area contributed by atoms with Crippen molar-refractivity contribution in [3.8, 4) is 0 Å². The number of hydrogen-bond donors (Lipinski definition) is 3. The molecule has 3 heterocycles. The molecular weight excluding hydrogens is 446 g/mol. The number of fused-ring (bicyclic) bond motifs is 3. The second-order valence-electron chi connectivity index (χ2n) is 8.95. The highest BCUT2D eigenvalue weighted by Gasteiger charge is 2.22. The van der Waals surface area contributed by atoms with Crippen LogP contribution in [0, 0.1) is 5.92 Å². The smallest absolute Gasteiger partial charge is 0.320 e. The molecule has 0 saturated heterocycles. The van der Waals surface area contributed by atoms with Crippen molar-refractivity contribution in [2.75, 3.05) is 5.73 Å². The molecule has 0 aliphatic carbocycles. The molecule has 2 atom stereocenters. The van der Waals surface area contributed by atoms with Crippen molar-refractivity contribution >= 4 is 44.4 Å². The standard InChI is InChI=1S/C26H33N5O2S/c1-4-6-7-20-30-22-23(24-19(12-13-34-24)29-25(22)27)31(20)15-18-10-8-17(9-11-18)14-28-21(26(32)33)16(3)5-2/h8-13,16,21,28H,4-7,14-15H2,1-3H3,(H2,27,29)(H,32,33). The van der Waals surface area contributed by atoms with Crippen LogP contribution in [0.15, 0.2) is 35.7 Å². The van der Waals surface area contributed by atoms with Gasteiger partial charge in [0.15, 0.2) is 5.82 Å². The third-order valence-electron chi connectivity index (χ3n) is 6.51. The summed E-state index contributed by atoms with van der Waals surface area (Å²) in [6.45, 7) is 7.38. The van der Waals surface area contributed by atoms with E-state index in [0.717, 1.165) is 63.9 Å². The fourth-order valence-electron chi connectivity index (χ4n) is 4.29. The Hall–Kier alpha value is -2.97. The first-order chi connectivity index (χ1) is 16.4. The first-order valence-corrected chi connectivity index (χ1v) is 12.9. The van der Waals surface area contributed by atoms with E-state index in [2.05, 4.69) is 46.1 Å². The van der Waals surface area contributed by atoms with Crippen LogP contribution in [0.5, 0.6) is 0 Å². The summed E-state index contributed by atoms with van der Waals surface area (Å²) in [5, 5.41) is 14.8. The van der Waals surface area contributed by atoms with Crippen molar-refractivity contribution in [1.82, 2.24) is 19.9 Å². The maximum atomic E-state index is 11.6. The molecular formula is C26H33N5O2S. The molecule has 0 saturated carbocycles. The highest BCUT2D eigenvalue weighted by atomic mass is 32.1. The molecule has 7 nitrogen and oxygen atoms in total. The van der Waals surface area contributed by atoms with E-state index in [9.17, 15) is 9.90 Å². The van der Waals surface area contributed by atoms with Gasteiger partial charge >= 0.3 is 5.97 Å². The molecule has 0 aliphatic heterocycles. The number of nitrogens with zero attached hydrogens (tertiary/aromatic N) is 3. The number of aliphatic carboxylic acids is 1. The molecule has 4 aromatic rings. The number of carbonyl (C=O) groups is 1. The molecule has 0 amide bonds. The van der Waals surface area contributed by atoms with Crippen LogP contribution in [0.1, 0.15) is 57.0 Å². The number of nitrogens with two attached hydrogens (primary N) is 1. The van der Waals surface area contributed by atoms with E-state index >= 15 is 0 Å². The van der Waals surface area contributed by atoms with Crippen molar-refractivity contribution in [2.45, 2.75) is 65.6 Å². The van der Waals surface area contributed by atoms with E-state index in [-0.39, 0.29) is 5.92 Å². The molecule has 2 unspecified atom stereocenters. The van der Waals surface area contributed by atoms with Gasteiger partial charge in [-0.25, -0.2) is 9.97 Å². The number of carboxylic acids is 1. The van der Waals surface area contributed by atoms with Crippen molar-refractivity contribution in [2.24, 2.45) is 5.92 Å². The lowest BCUT2D eigenvalue weighted by molar-refractivity contribution is -0.140. The fourth-order valence-corrected chi connectivity index (χ4v) is 5.18. The van der Waals surface area contributed by atoms with Crippen LogP contribution in [0.2, 0.25) is 0 Å². The molecule has 3 aromatic heterocycles. The largest absolute Gasteiger partial charge is 0.480 e. The van der Waals surface area contributed by atoms with Crippen molar-refractivity contribution in [3.05, 3.63) is 52.7 Å². The van der Waals surface area contributed by atoms with Gasteiger partial charge in [-0.15, -0.1) is 11.3 Å². The third-order valence-corrected chi connectivity index (χ3v) is 7.42. The fraction of sp³-hybridized carbons (Fsp3) is 0.423. The van der Waals surface area contributed by atoms with Crippen LogP contribution in [0.25, 0.3) is 21.3 Å². The average Bonchev–Trinajstić information content (AvgIpc) is 3.43. The SMILES string of the molecule is CCCCc1nc2c(N)nc3ccsc3c2n1Cc1ccc(CNC(C(=O)O)C(C)CC)cc1. The molecule has 0 bridgehead atoms. The summed E-state index contributed by atoms with van der Waals surface area (Å²) in [6.07, 6.45) is 3.88. The number of carboxylic acid groups (broad SMARTS) is 1. The van der Waals surface area contributed by atoms with Crippen LogP contribution >= 0.6 is 11.3 Å². The summed E-state index contributed by atoms with van der Waals surface area (Å²) >= 11 is 1.67. The lowest BCUT2D eigenvalue weighted by Gasteiger charge is -2.20. The van der Waals surface area contributed by atoms with Gasteiger partial charge in [0.05, 0.1) is 15.7 Å². The Morgan fingerprint density at radius 3 is 2.59 bits per heavy atom. The van der Waals surface area contributed by atoms with E-state index < -0.39 is 12.0 Å². The minimum absolute atomic E-state index is 0.0730. The lowest BCUT2D eigenvalue weighted by Crippen LogP contribution is -2.41. The van der Waals surface area contributed by atoms with E-state index in [4.69, 9.17) is 10.7 Å². The number of rotatable bonds is 11. The zero-order valence-corrected chi connectivity index (χ0v) is 20.9. The molecule has 180 valence electrons. The number of thiophene rings is 1. The van der Waals surface area contributed by atoms with Gasteiger partial charge in [0, 0.05) is 19.5 Å². The minimum Gasteiger partial charge on any atom is -0.480 e. The number of aromatic nitrogens is 3. The summed E-state index contributed by atoms with van der Waals surface area (Å²) in [7, 11) is 0. The monoisotopic (exact) mass is 479 g/mol. The number of nitrogen functional groups attached to an aromatic ring is 1. The minimum atomic E-state index is -0.800. The van der Waals surface area contributed by atoms with E-state index in [1.165, 1.54) is 0 Å². The number of nitrogens with one attached hydrogen (secondary N) is 1. The molecule has 0 radical (unpaired) electrons. The Bertz CT molecular complexity index is 1280. The Kier molecular flexibility index (Phi) is 7.48. The van der Waals surface area contributed by atoms with Gasteiger partial charge < -0.3 is 20.7 Å². The van der Waals surface area contributed by atoms with Gasteiger partial charge in [0.25, 0.3) is 0 Å². The quantitative estimate of drug-likeness (QED) is 0.273. The maximum Gasteiger partial charge on any atom is 0.320 e. The van der Waals surface area contributed by atoms with E-state index in [1.54, 1.807) is 11.3 Å². The number of benzene rings is 1. The summed E-state index contributed by atoms with van der Waals surface area (Å²) in [4.78, 5) is 21.0. The number of anilines is 1. The van der Waals surface area contributed by atoms with Crippen molar-refractivity contribution in [1.29, 1.82) is 0 Å². The predicted octanol–water partition coefficient (Wildman–Crippen LogP) is 5.21. The van der Waals surface area contributed by atoms with Crippen LogP contribution in [-0.4, -0.2) is 31.7 Å². The zero-order chi connectivity index (χ0) is 24.2. The first kappa shape index (κ1) is 24.2. The topological polar surface area (TPSA) is 106 Å². The molecule has 0 aliphatic rings. The summed E-state index contributed by atoms with van der Waals surface area (Å²) in [6, 6.07) is 9.82. The summed E-state index contributed by atoms with van der Waals surface area (Å²) in [5.41, 5.74) is 11.3.